The lowest BCUT2D eigenvalue weighted by Gasteiger charge is -2.16. The number of nitrogens with two attached hydrogens (primary N) is 1. The van der Waals surface area contributed by atoms with Crippen LogP contribution in [0.25, 0.3) is 0 Å². The maximum Gasteiger partial charge on any atom is 0.124 e. The van der Waals surface area contributed by atoms with Crippen LogP contribution in [0.5, 0.6) is 0 Å². The Bertz CT molecular complexity index is 567. The van der Waals surface area contributed by atoms with E-state index in [4.69, 9.17) is 18.0 Å². The molecule has 0 bridgehead atoms. The smallest absolute Gasteiger partial charge is 0.124 e. The molecule has 0 amide bonds. The SMILES string of the molecule is CN(Cc1cc(F)cc(C(N)=S)c1)Cc1cccs1. The lowest BCUT2D eigenvalue weighted by molar-refractivity contribution is 0.321. The zero-order valence-corrected chi connectivity index (χ0v) is 12.2. The highest BCUT2D eigenvalue weighted by molar-refractivity contribution is 7.80. The number of thiophene rings is 1. The van der Waals surface area contributed by atoms with Crippen LogP contribution >= 0.6 is 23.6 Å². The highest BCUT2D eigenvalue weighted by Gasteiger charge is 2.07. The van der Waals surface area contributed by atoms with Gasteiger partial charge in [0.15, 0.2) is 0 Å². The fourth-order valence-corrected chi connectivity index (χ4v) is 2.82. The van der Waals surface area contributed by atoms with Crippen LogP contribution < -0.4 is 5.73 Å². The summed E-state index contributed by atoms with van der Waals surface area (Å²) in [4.78, 5) is 3.64. The van der Waals surface area contributed by atoms with Gasteiger partial charge in [-0.25, -0.2) is 4.39 Å². The fraction of sp³-hybridized carbons (Fsp3) is 0.214. The first-order valence-corrected chi connectivity index (χ1v) is 7.13. The van der Waals surface area contributed by atoms with Crippen LogP contribution in [-0.2, 0) is 13.1 Å². The van der Waals surface area contributed by atoms with E-state index in [1.165, 1.54) is 17.0 Å². The Labute approximate surface area is 121 Å². The van der Waals surface area contributed by atoms with Crippen molar-refractivity contribution in [2.45, 2.75) is 13.1 Å². The molecular weight excluding hydrogens is 279 g/mol. The van der Waals surface area contributed by atoms with E-state index in [1.807, 2.05) is 19.2 Å². The second kappa shape index (κ2) is 6.23. The summed E-state index contributed by atoms with van der Waals surface area (Å²) in [6.07, 6.45) is 0. The van der Waals surface area contributed by atoms with Crippen LogP contribution in [0.4, 0.5) is 4.39 Å². The topological polar surface area (TPSA) is 29.3 Å². The summed E-state index contributed by atoms with van der Waals surface area (Å²) in [5.74, 6) is -0.301. The highest BCUT2D eigenvalue weighted by Crippen LogP contribution is 2.15. The summed E-state index contributed by atoms with van der Waals surface area (Å²) in [6.45, 7) is 1.50. The van der Waals surface area contributed by atoms with Crippen molar-refractivity contribution in [3.8, 4) is 0 Å². The van der Waals surface area contributed by atoms with E-state index in [2.05, 4.69) is 16.3 Å². The van der Waals surface area contributed by atoms with Gasteiger partial charge in [-0.1, -0.05) is 18.3 Å². The Morgan fingerprint density at radius 1 is 1.37 bits per heavy atom. The molecular formula is C14H15FN2S2. The van der Waals surface area contributed by atoms with Crippen molar-refractivity contribution in [1.82, 2.24) is 4.90 Å². The molecule has 0 aliphatic rings. The van der Waals surface area contributed by atoms with Crippen molar-refractivity contribution < 1.29 is 4.39 Å². The Balaban J connectivity index is 2.08. The maximum absolute atomic E-state index is 13.5. The molecule has 0 atom stereocenters. The van der Waals surface area contributed by atoms with Crippen molar-refractivity contribution in [3.63, 3.8) is 0 Å². The molecule has 2 nitrogen and oxygen atoms in total. The van der Waals surface area contributed by atoms with E-state index in [9.17, 15) is 4.39 Å². The van der Waals surface area contributed by atoms with Gasteiger partial charge in [0.05, 0.1) is 0 Å². The van der Waals surface area contributed by atoms with Gasteiger partial charge in [0.2, 0.25) is 0 Å². The summed E-state index contributed by atoms with van der Waals surface area (Å²) in [7, 11) is 2.01. The molecule has 1 aromatic carbocycles. The quantitative estimate of drug-likeness (QED) is 0.859. The van der Waals surface area contributed by atoms with E-state index in [0.29, 0.717) is 12.1 Å². The molecule has 0 aliphatic heterocycles. The number of rotatable bonds is 5. The highest BCUT2D eigenvalue weighted by atomic mass is 32.1. The number of halogens is 1. The molecule has 2 rings (SSSR count). The first-order chi connectivity index (χ1) is 9.04. The molecule has 0 spiro atoms. The molecule has 1 aromatic heterocycles. The second-order valence-corrected chi connectivity index (χ2v) is 5.94. The lowest BCUT2D eigenvalue weighted by atomic mass is 10.1. The van der Waals surface area contributed by atoms with Gasteiger partial charge in [-0.3, -0.25) is 4.90 Å². The van der Waals surface area contributed by atoms with Gasteiger partial charge in [-0.15, -0.1) is 11.3 Å². The lowest BCUT2D eigenvalue weighted by Crippen LogP contribution is -2.17. The Kier molecular flexibility index (Phi) is 4.63. The number of benzene rings is 1. The Hall–Kier alpha value is -1.30. The molecule has 2 N–H and O–H groups in total. The molecule has 1 heterocycles. The van der Waals surface area contributed by atoms with Crippen LogP contribution in [0.2, 0.25) is 0 Å². The molecule has 5 heteroatoms. The van der Waals surface area contributed by atoms with E-state index >= 15 is 0 Å². The summed E-state index contributed by atoms with van der Waals surface area (Å²) in [5, 5.41) is 2.05. The molecule has 0 radical (unpaired) electrons. The normalized spacial score (nSPS) is 10.9. The van der Waals surface area contributed by atoms with Gasteiger partial charge in [-0.05, 0) is 42.3 Å². The van der Waals surface area contributed by atoms with Gasteiger partial charge >= 0.3 is 0 Å². The first-order valence-electron chi connectivity index (χ1n) is 5.85. The molecule has 0 saturated heterocycles. The average molecular weight is 294 g/mol. The van der Waals surface area contributed by atoms with Crippen LogP contribution in [0.15, 0.2) is 35.7 Å². The standard InChI is InChI=1S/C14H15FN2S2/c1-17(9-13-3-2-4-19-13)8-10-5-11(14(16)18)7-12(15)6-10/h2-7H,8-9H2,1H3,(H2,16,18). The van der Waals surface area contributed by atoms with E-state index < -0.39 is 0 Å². The van der Waals surface area contributed by atoms with E-state index in [-0.39, 0.29) is 10.8 Å². The van der Waals surface area contributed by atoms with Crippen LogP contribution in [-0.4, -0.2) is 16.9 Å². The molecule has 0 aliphatic carbocycles. The largest absolute Gasteiger partial charge is 0.389 e. The number of hydrogen-bond donors (Lipinski definition) is 1. The van der Waals surface area contributed by atoms with Crippen molar-refractivity contribution >= 4 is 28.5 Å². The van der Waals surface area contributed by atoms with Gasteiger partial charge in [0.1, 0.15) is 10.8 Å². The van der Waals surface area contributed by atoms with Gasteiger partial charge in [0, 0.05) is 23.5 Å². The summed E-state index contributed by atoms with van der Waals surface area (Å²) in [6, 6.07) is 8.85. The zero-order chi connectivity index (χ0) is 13.8. The molecule has 19 heavy (non-hydrogen) atoms. The molecule has 100 valence electrons. The fourth-order valence-electron chi connectivity index (χ4n) is 1.92. The minimum absolute atomic E-state index is 0.224. The van der Waals surface area contributed by atoms with Gasteiger partial charge in [0.25, 0.3) is 0 Å². The predicted molar refractivity (Wildman–Crippen MR) is 81.8 cm³/mol. The van der Waals surface area contributed by atoms with Crippen LogP contribution in [0.3, 0.4) is 0 Å². The maximum atomic E-state index is 13.5. The first kappa shape index (κ1) is 14.1. The van der Waals surface area contributed by atoms with E-state index in [0.717, 1.165) is 12.1 Å². The van der Waals surface area contributed by atoms with Gasteiger partial charge < -0.3 is 5.73 Å². The molecule has 0 fully saturated rings. The van der Waals surface area contributed by atoms with Crippen molar-refractivity contribution in [2.75, 3.05) is 7.05 Å². The van der Waals surface area contributed by atoms with Crippen LogP contribution in [0, 0.1) is 5.82 Å². The molecule has 0 unspecified atom stereocenters. The monoisotopic (exact) mass is 294 g/mol. The number of hydrogen-bond acceptors (Lipinski definition) is 3. The van der Waals surface area contributed by atoms with E-state index in [1.54, 1.807) is 11.3 Å². The number of nitrogens with zero attached hydrogens (tertiary/aromatic N) is 1. The third-order valence-corrected chi connectivity index (χ3v) is 3.80. The third kappa shape index (κ3) is 4.09. The average Bonchev–Trinajstić information content (AvgIpc) is 2.80. The molecule has 0 saturated carbocycles. The summed E-state index contributed by atoms with van der Waals surface area (Å²) < 4.78 is 13.5. The van der Waals surface area contributed by atoms with Crippen molar-refractivity contribution in [2.24, 2.45) is 5.73 Å². The number of thiocarbonyl (C=S) groups is 1. The Morgan fingerprint density at radius 3 is 2.79 bits per heavy atom. The van der Waals surface area contributed by atoms with Crippen LogP contribution in [0.1, 0.15) is 16.0 Å². The third-order valence-electron chi connectivity index (χ3n) is 2.70. The molecule has 2 aromatic rings. The summed E-state index contributed by atoms with van der Waals surface area (Å²) in [5.41, 5.74) is 7.00. The minimum Gasteiger partial charge on any atom is -0.389 e. The van der Waals surface area contributed by atoms with Gasteiger partial charge in [-0.2, -0.15) is 0 Å². The van der Waals surface area contributed by atoms with Crippen molar-refractivity contribution in [3.05, 3.63) is 57.5 Å². The minimum atomic E-state index is -0.301. The predicted octanol–water partition coefficient (Wildman–Crippen LogP) is 3.15. The second-order valence-electron chi connectivity index (χ2n) is 4.46. The Morgan fingerprint density at radius 2 is 2.16 bits per heavy atom. The zero-order valence-electron chi connectivity index (χ0n) is 10.6. The van der Waals surface area contributed by atoms with Crippen molar-refractivity contribution in [1.29, 1.82) is 0 Å². The summed E-state index contributed by atoms with van der Waals surface area (Å²) >= 11 is 6.60.